The molecular formula is C14H12FNO2S. The van der Waals surface area contributed by atoms with Crippen LogP contribution in [0.3, 0.4) is 0 Å². The second-order valence-electron chi connectivity index (χ2n) is 4.16. The molecule has 0 amide bonds. The van der Waals surface area contributed by atoms with Gasteiger partial charge < -0.3 is 14.9 Å². The molecule has 3 nitrogen and oxygen atoms in total. The van der Waals surface area contributed by atoms with Crippen molar-refractivity contribution in [1.82, 2.24) is 0 Å². The van der Waals surface area contributed by atoms with Gasteiger partial charge in [0.15, 0.2) is 0 Å². The molecule has 0 spiro atoms. The Morgan fingerprint density at radius 2 is 2.16 bits per heavy atom. The number of hydrogen-bond acceptors (Lipinski definition) is 4. The molecule has 0 aliphatic rings. The van der Waals surface area contributed by atoms with Gasteiger partial charge in [0.25, 0.3) is 0 Å². The van der Waals surface area contributed by atoms with Gasteiger partial charge in [0.1, 0.15) is 29.0 Å². The lowest BCUT2D eigenvalue weighted by Crippen LogP contribution is -2.10. The maximum atomic E-state index is 13.1. The first kappa shape index (κ1) is 12.2. The number of rotatable bonds is 3. The summed E-state index contributed by atoms with van der Waals surface area (Å²) in [4.78, 5) is 0.891. The van der Waals surface area contributed by atoms with Gasteiger partial charge in [0, 0.05) is 5.39 Å². The van der Waals surface area contributed by atoms with E-state index < -0.39 is 6.04 Å². The van der Waals surface area contributed by atoms with Crippen LogP contribution in [0.1, 0.15) is 16.7 Å². The van der Waals surface area contributed by atoms with Gasteiger partial charge in [-0.1, -0.05) is 0 Å². The van der Waals surface area contributed by atoms with Gasteiger partial charge >= 0.3 is 0 Å². The molecule has 0 fully saturated rings. The van der Waals surface area contributed by atoms with Gasteiger partial charge in [0.05, 0.1) is 12.0 Å². The van der Waals surface area contributed by atoms with E-state index in [0.717, 1.165) is 10.6 Å². The number of benzene rings is 1. The Kier molecular flexibility index (Phi) is 3.00. The highest BCUT2D eigenvalue weighted by Crippen LogP contribution is 2.35. The van der Waals surface area contributed by atoms with Crippen molar-refractivity contribution in [3.8, 4) is 5.75 Å². The van der Waals surface area contributed by atoms with Crippen LogP contribution in [-0.4, -0.2) is 7.11 Å². The van der Waals surface area contributed by atoms with E-state index in [-0.39, 0.29) is 5.82 Å². The highest BCUT2D eigenvalue weighted by molar-refractivity contribution is 7.10. The maximum absolute atomic E-state index is 13.1. The topological polar surface area (TPSA) is 48.4 Å². The number of ether oxygens (including phenoxy) is 1. The third kappa shape index (κ3) is 2.11. The van der Waals surface area contributed by atoms with Gasteiger partial charge in [-0.05, 0) is 35.7 Å². The highest BCUT2D eigenvalue weighted by Gasteiger charge is 2.19. The second-order valence-corrected chi connectivity index (χ2v) is 5.11. The molecular weight excluding hydrogens is 265 g/mol. The Labute approximate surface area is 113 Å². The fourth-order valence-corrected chi connectivity index (χ4v) is 2.89. The van der Waals surface area contributed by atoms with Crippen LogP contribution in [0.15, 0.2) is 40.1 Å². The molecule has 0 bridgehead atoms. The quantitative estimate of drug-likeness (QED) is 0.794. The van der Waals surface area contributed by atoms with Crippen molar-refractivity contribution in [2.24, 2.45) is 5.73 Å². The van der Waals surface area contributed by atoms with Crippen LogP contribution in [0.4, 0.5) is 4.39 Å². The number of halogens is 1. The number of fused-ring (bicyclic) bond motifs is 1. The standard InChI is InChI=1S/C14H12FNO2S/c1-17-11-4-5-19-14(11)13(16)12-7-8-6-9(15)2-3-10(8)18-12/h2-7,13H,16H2,1H3. The predicted octanol–water partition coefficient (Wildman–Crippen LogP) is 3.69. The molecule has 3 rings (SSSR count). The van der Waals surface area contributed by atoms with Crippen LogP contribution >= 0.6 is 11.3 Å². The number of furan rings is 1. The van der Waals surface area contributed by atoms with E-state index >= 15 is 0 Å². The summed E-state index contributed by atoms with van der Waals surface area (Å²) in [6.07, 6.45) is 0. The Hall–Kier alpha value is -1.85. The van der Waals surface area contributed by atoms with Crippen molar-refractivity contribution in [3.63, 3.8) is 0 Å². The summed E-state index contributed by atoms with van der Waals surface area (Å²) in [6.45, 7) is 0. The first-order chi connectivity index (χ1) is 9.19. The molecule has 0 saturated heterocycles. The van der Waals surface area contributed by atoms with E-state index in [4.69, 9.17) is 14.9 Å². The third-order valence-corrected chi connectivity index (χ3v) is 3.94. The summed E-state index contributed by atoms with van der Waals surface area (Å²) in [5.41, 5.74) is 6.81. The molecule has 1 atom stereocenters. The maximum Gasteiger partial charge on any atom is 0.134 e. The molecule has 0 aliphatic heterocycles. The van der Waals surface area contributed by atoms with E-state index in [1.54, 1.807) is 19.2 Å². The van der Waals surface area contributed by atoms with Gasteiger partial charge in [-0.2, -0.15) is 0 Å². The largest absolute Gasteiger partial charge is 0.496 e. The minimum Gasteiger partial charge on any atom is -0.496 e. The Morgan fingerprint density at radius 1 is 1.32 bits per heavy atom. The summed E-state index contributed by atoms with van der Waals surface area (Å²) >= 11 is 1.51. The number of methoxy groups -OCH3 is 1. The summed E-state index contributed by atoms with van der Waals surface area (Å²) < 4.78 is 24.1. The van der Waals surface area contributed by atoms with Crippen LogP contribution in [0, 0.1) is 5.82 Å². The molecule has 0 aliphatic carbocycles. The lowest BCUT2D eigenvalue weighted by atomic mass is 10.1. The van der Waals surface area contributed by atoms with E-state index in [0.29, 0.717) is 16.7 Å². The van der Waals surface area contributed by atoms with E-state index in [9.17, 15) is 4.39 Å². The zero-order valence-electron chi connectivity index (χ0n) is 10.2. The number of hydrogen-bond donors (Lipinski definition) is 1. The van der Waals surface area contributed by atoms with E-state index in [2.05, 4.69) is 0 Å². The SMILES string of the molecule is COc1ccsc1C(N)c1cc2cc(F)ccc2o1. The van der Waals surface area contributed by atoms with Crippen LogP contribution in [-0.2, 0) is 0 Å². The zero-order chi connectivity index (χ0) is 13.4. The van der Waals surface area contributed by atoms with E-state index in [1.165, 1.54) is 23.5 Å². The molecule has 2 heterocycles. The lowest BCUT2D eigenvalue weighted by Gasteiger charge is -2.08. The molecule has 2 N–H and O–H groups in total. The minimum absolute atomic E-state index is 0.290. The normalized spacial score (nSPS) is 12.8. The molecule has 5 heteroatoms. The fraction of sp³-hybridized carbons (Fsp3) is 0.143. The average Bonchev–Trinajstić information content (AvgIpc) is 3.03. The number of nitrogens with two attached hydrogens (primary N) is 1. The fourth-order valence-electron chi connectivity index (χ4n) is 2.02. The first-order valence-electron chi connectivity index (χ1n) is 5.75. The smallest absolute Gasteiger partial charge is 0.134 e. The molecule has 0 saturated carbocycles. The van der Waals surface area contributed by atoms with Crippen LogP contribution in [0.2, 0.25) is 0 Å². The molecule has 2 aromatic heterocycles. The molecule has 1 aromatic carbocycles. The van der Waals surface area contributed by atoms with E-state index in [1.807, 2.05) is 11.4 Å². The lowest BCUT2D eigenvalue weighted by molar-refractivity contribution is 0.408. The summed E-state index contributed by atoms with van der Waals surface area (Å²) in [6, 6.07) is 7.62. The molecule has 0 radical (unpaired) electrons. The van der Waals surface area contributed by atoms with Crippen molar-refractivity contribution >= 4 is 22.3 Å². The Bertz CT molecular complexity index is 719. The summed E-state index contributed by atoms with van der Waals surface area (Å²) in [5, 5.41) is 2.62. The van der Waals surface area contributed by atoms with Crippen molar-refractivity contribution in [1.29, 1.82) is 0 Å². The van der Waals surface area contributed by atoms with Crippen molar-refractivity contribution < 1.29 is 13.5 Å². The van der Waals surface area contributed by atoms with Crippen molar-refractivity contribution in [2.45, 2.75) is 6.04 Å². The van der Waals surface area contributed by atoms with Crippen molar-refractivity contribution in [3.05, 3.63) is 52.2 Å². The van der Waals surface area contributed by atoms with Gasteiger partial charge in [0.2, 0.25) is 0 Å². The average molecular weight is 277 g/mol. The Morgan fingerprint density at radius 3 is 2.95 bits per heavy atom. The van der Waals surface area contributed by atoms with Crippen LogP contribution in [0.5, 0.6) is 5.75 Å². The first-order valence-corrected chi connectivity index (χ1v) is 6.63. The monoisotopic (exact) mass is 277 g/mol. The second kappa shape index (κ2) is 4.68. The number of thiophene rings is 1. The molecule has 98 valence electrons. The summed E-state index contributed by atoms with van der Waals surface area (Å²) in [7, 11) is 1.60. The minimum atomic E-state index is -0.412. The third-order valence-electron chi connectivity index (χ3n) is 2.96. The van der Waals surface area contributed by atoms with Crippen LogP contribution in [0.25, 0.3) is 11.0 Å². The van der Waals surface area contributed by atoms with Crippen LogP contribution < -0.4 is 10.5 Å². The molecule has 3 aromatic rings. The van der Waals surface area contributed by atoms with Gasteiger partial charge in [-0.3, -0.25) is 0 Å². The van der Waals surface area contributed by atoms with Crippen molar-refractivity contribution in [2.75, 3.05) is 7.11 Å². The summed E-state index contributed by atoms with van der Waals surface area (Å²) in [5.74, 6) is 1.05. The highest BCUT2D eigenvalue weighted by atomic mass is 32.1. The molecule has 19 heavy (non-hydrogen) atoms. The van der Waals surface area contributed by atoms with Gasteiger partial charge in [-0.25, -0.2) is 4.39 Å². The zero-order valence-corrected chi connectivity index (χ0v) is 11.0. The van der Waals surface area contributed by atoms with Gasteiger partial charge in [-0.15, -0.1) is 11.3 Å². The Balaban J connectivity index is 2.04. The molecule has 1 unspecified atom stereocenters. The predicted molar refractivity (Wildman–Crippen MR) is 73.1 cm³/mol.